The highest BCUT2D eigenvalue weighted by Crippen LogP contribution is 2.42. The molecule has 0 rings (SSSR count). The molecule has 80 valence electrons. The molecular formula is C9H16Cl4. The van der Waals surface area contributed by atoms with E-state index >= 15 is 0 Å². The third-order valence-electron chi connectivity index (χ3n) is 2.02. The Bertz CT molecular complexity index is 130. The van der Waals surface area contributed by atoms with E-state index in [0.29, 0.717) is 0 Å². The lowest BCUT2D eigenvalue weighted by molar-refractivity contribution is 0.443. The molecule has 0 aromatic heterocycles. The van der Waals surface area contributed by atoms with Crippen molar-refractivity contribution in [1.29, 1.82) is 0 Å². The fourth-order valence-corrected chi connectivity index (χ4v) is 2.85. The van der Waals surface area contributed by atoms with Gasteiger partial charge in [0, 0.05) is 11.3 Å². The summed E-state index contributed by atoms with van der Waals surface area (Å²) >= 11 is 23.7. The fourth-order valence-electron chi connectivity index (χ4n) is 1.34. The lowest BCUT2D eigenvalue weighted by atomic mass is 9.98. The van der Waals surface area contributed by atoms with Gasteiger partial charge in [0.15, 0.2) is 3.79 Å². The maximum absolute atomic E-state index is 6.16. The minimum atomic E-state index is -1.22. The SMILES string of the molecule is CCCC(Cl)C(CCC)C(Cl)(Cl)Cl. The van der Waals surface area contributed by atoms with E-state index < -0.39 is 3.79 Å². The zero-order chi connectivity index (χ0) is 10.5. The normalized spacial score (nSPS) is 17.1. The van der Waals surface area contributed by atoms with Gasteiger partial charge in [-0.25, -0.2) is 0 Å². The van der Waals surface area contributed by atoms with Crippen molar-refractivity contribution in [2.24, 2.45) is 5.92 Å². The molecule has 0 N–H and O–H groups in total. The molecule has 4 heteroatoms. The molecule has 0 aliphatic rings. The van der Waals surface area contributed by atoms with Gasteiger partial charge in [-0.15, -0.1) is 11.6 Å². The van der Waals surface area contributed by atoms with Gasteiger partial charge in [-0.3, -0.25) is 0 Å². The standard InChI is InChI=1S/C9H16Cl4/c1-3-5-7(9(11,12)13)8(10)6-4-2/h7-8H,3-6H2,1-2H3. The Morgan fingerprint density at radius 1 is 1.00 bits per heavy atom. The molecule has 2 unspecified atom stereocenters. The van der Waals surface area contributed by atoms with Crippen LogP contribution in [0, 0.1) is 5.92 Å². The molecule has 0 spiro atoms. The van der Waals surface area contributed by atoms with Crippen molar-refractivity contribution in [3.8, 4) is 0 Å². The predicted octanol–water partition coefficient (Wildman–Crippen LogP) is 5.18. The maximum Gasteiger partial charge on any atom is 0.194 e. The predicted molar refractivity (Wildman–Crippen MR) is 63.2 cm³/mol. The van der Waals surface area contributed by atoms with Crippen LogP contribution in [0.3, 0.4) is 0 Å². The highest BCUT2D eigenvalue weighted by Gasteiger charge is 2.36. The quantitative estimate of drug-likeness (QED) is 0.601. The van der Waals surface area contributed by atoms with Gasteiger partial charge in [-0.1, -0.05) is 61.5 Å². The zero-order valence-corrected chi connectivity index (χ0v) is 11.0. The molecule has 0 saturated carbocycles. The monoisotopic (exact) mass is 264 g/mol. The number of hydrogen-bond acceptors (Lipinski definition) is 0. The summed E-state index contributed by atoms with van der Waals surface area (Å²) in [5.41, 5.74) is 0. The molecule has 0 saturated heterocycles. The van der Waals surface area contributed by atoms with Gasteiger partial charge in [0.25, 0.3) is 0 Å². The topological polar surface area (TPSA) is 0 Å². The van der Waals surface area contributed by atoms with Gasteiger partial charge in [0.1, 0.15) is 0 Å². The molecule has 0 aromatic carbocycles. The lowest BCUT2D eigenvalue weighted by Crippen LogP contribution is -2.28. The van der Waals surface area contributed by atoms with E-state index in [-0.39, 0.29) is 11.3 Å². The first-order valence-electron chi connectivity index (χ1n) is 4.64. The van der Waals surface area contributed by atoms with Crippen LogP contribution in [0.1, 0.15) is 39.5 Å². The van der Waals surface area contributed by atoms with E-state index in [4.69, 9.17) is 46.4 Å². The average Bonchev–Trinajstić information content (AvgIpc) is 1.98. The summed E-state index contributed by atoms with van der Waals surface area (Å²) in [6.07, 6.45) is 3.78. The van der Waals surface area contributed by atoms with Crippen molar-refractivity contribution in [2.45, 2.75) is 48.7 Å². The van der Waals surface area contributed by atoms with Crippen molar-refractivity contribution >= 4 is 46.4 Å². The van der Waals surface area contributed by atoms with Gasteiger partial charge >= 0.3 is 0 Å². The van der Waals surface area contributed by atoms with Crippen LogP contribution >= 0.6 is 46.4 Å². The molecular weight excluding hydrogens is 250 g/mol. The molecule has 0 aromatic rings. The molecule has 0 radical (unpaired) electrons. The second-order valence-corrected chi connectivity index (χ2v) is 6.17. The molecule has 0 aliphatic heterocycles. The van der Waals surface area contributed by atoms with E-state index in [0.717, 1.165) is 25.7 Å². The molecule has 0 nitrogen and oxygen atoms in total. The Labute approximate surface area is 101 Å². The lowest BCUT2D eigenvalue weighted by Gasteiger charge is -2.28. The first-order chi connectivity index (χ1) is 5.93. The van der Waals surface area contributed by atoms with Gasteiger partial charge in [-0.05, 0) is 12.8 Å². The van der Waals surface area contributed by atoms with E-state index in [9.17, 15) is 0 Å². The minimum absolute atomic E-state index is 0.0301. The Hall–Kier alpha value is 1.16. The summed E-state index contributed by atoms with van der Waals surface area (Å²) in [7, 11) is 0. The minimum Gasteiger partial charge on any atom is -0.123 e. The van der Waals surface area contributed by atoms with Crippen LogP contribution in [0.25, 0.3) is 0 Å². The van der Waals surface area contributed by atoms with Crippen molar-refractivity contribution in [1.82, 2.24) is 0 Å². The maximum atomic E-state index is 6.16. The van der Waals surface area contributed by atoms with Crippen molar-refractivity contribution in [2.75, 3.05) is 0 Å². The van der Waals surface area contributed by atoms with Crippen LogP contribution in [0.5, 0.6) is 0 Å². The Morgan fingerprint density at radius 3 is 1.77 bits per heavy atom. The van der Waals surface area contributed by atoms with Crippen LogP contribution in [-0.4, -0.2) is 9.17 Å². The van der Waals surface area contributed by atoms with Crippen molar-refractivity contribution < 1.29 is 0 Å². The van der Waals surface area contributed by atoms with Gasteiger partial charge in [0.2, 0.25) is 0 Å². The van der Waals surface area contributed by atoms with Crippen molar-refractivity contribution in [3.63, 3.8) is 0 Å². The third-order valence-corrected chi connectivity index (χ3v) is 3.38. The molecule has 0 bridgehead atoms. The molecule has 0 amide bonds. The highest BCUT2D eigenvalue weighted by atomic mass is 35.6. The molecule has 2 atom stereocenters. The van der Waals surface area contributed by atoms with Crippen molar-refractivity contribution in [3.05, 3.63) is 0 Å². The number of hydrogen-bond donors (Lipinski definition) is 0. The summed E-state index contributed by atoms with van der Waals surface area (Å²) < 4.78 is -1.22. The Morgan fingerprint density at radius 2 is 1.46 bits per heavy atom. The first-order valence-corrected chi connectivity index (χ1v) is 6.21. The Balaban J connectivity index is 4.23. The first kappa shape index (κ1) is 14.2. The van der Waals surface area contributed by atoms with E-state index in [1.54, 1.807) is 0 Å². The largest absolute Gasteiger partial charge is 0.194 e. The summed E-state index contributed by atoms with van der Waals surface area (Å²) in [6, 6.07) is 0. The second-order valence-electron chi connectivity index (χ2n) is 3.24. The van der Waals surface area contributed by atoms with E-state index in [1.165, 1.54) is 0 Å². The van der Waals surface area contributed by atoms with Crippen LogP contribution in [0.2, 0.25) is 0 Å². The fraction of sp³-hybridized carbons (Fsp3) is 1.00. The highest BCUT2D eigenvalue weighted by molar-refractivity contribution is 6.67. The van der Waals surface area contributed by atoms with Gasteiger partial charge < -0.3 is 0 Å². The number of rotatable bonds is 5. The Kier molecular flexibility index (Phi) is 7.20. The zero-order valence-electron chi connectivity index (χ0n) is 7.99. The smallest absolute Gasteiger partial charge is 0.123 e. The van der Waals surface area contributed by atoms with Crippen LogP contribution in [0.15, 0.2) is 0 Å². The third kappa shape index (κ3) is 5.57. The molecule has 0 heterocycles. The van der Waals surface area contributed by atoms with Crippen LogP contribution in [-0.2, 0) is 0 Å². The molecule has 13 heavy (non-hydrogen) atoms. The molecule has 0 fully saturated rings. The average molecular weight is 266 g/mol. The summed E-state index contributed by atoms with van der Waals surface area (Å²) in [6.45, 7) is 4.15. The van der Waals surface area contributed by atoms with Gasteiger partial charge in [-0.2, -0.15) is 0 Å². The summed E-state index contributed by atoms with van der Waals surface area (Å²) in [5, 5.41) is -0.0301. The van der Waals surface area contributed by atoms with Gasteiger partial charge in [0.05, 0.1) is 0 Å². The van der Waals surface area contributed by atoms with E-state index in [1.807, 2.05) is 0 Å². The summed E-state index contributed by atoms with van der Waals surface area (Å²) in [4.78, 5) is 0. The number of halogens is 4. The van der Waals surface area contributed by atoms with E-state index in [2.05, 4.69) is 13.8 Å². The second kappa shape index (κ2) is 6.61. The molecule has 0 aliphatic carbocycles. The summed E-state index contributed by atoms with van der Waals surface area (Å²) in [5.74, 6) is -0.0379. The van der Waals surface area contributed by atoms with Crippen LogP contribution in [0.4, 0.5) is 0 Å². The van der Waals surface area contributed by atoms with Crippen LogP contribution < -0.4 is 0 Å². The number of alkyl halides is 4.